The van der Waals surface area contributed by atoms with Gasteiger partial charge in [0.05, 0.1) is 22.5 Å². The molecular formula is C9H9ClFNO3S. The molecule has 0 heterocycles. The molecule has 0 aliphatic rings. The normalized spacial score (nSPS) is 11.2. The van der Waals surface area contributed by atoms with Gasteiger partial charge in [-0.1, -0.05) is 11.6 Å². The molecule has 0 bridgehead atoms. The van der Waals surface area contributed by atoms with E-state index in [1.807, 2.05) is 0 Å². The van der Waals surface area contributed by atoms with Crippen LogP contribution in [0.25, 0.3) is 0 Å². The highest BCUT2D eigenvalue weighted by Gasteiger charge is 2.14. The highest BCUT2D eigenvalue weighted by Crippen LogP contribution is 2.26. The van der Waals surface area contributed by atoms with Crippen LogP contribution in [0.15, 0.2) is 12.1 Å². The Morgan fingerprint density at radius 3 is 2.44 bits per heavy atom. The predicted octanol–water partition coefficient (Wildman–Crippen LogP) is 2.05. The first-order valence-corrected chi connectivity index (χ1v) is 6.45. The van der Waals surface area contributed by atoms with Gasteiger partial charge in [0.15, 0.2) is 5.78 Å². The quantitative estimate of drug-likeness (QED) is 0.851. The Kier molecular flexibility index (Phi) is 3.54. The Labute approximate surface area is 97.5 Å². The molecule has 7 heteroatoms. The molecule has 0 radical (unpaired) electrons. The first kappa shape index (κ1) is 12.9. The van der Waals surface area contributed by atoms with Gasteiger partial charge in [-0.25, -0.2) is 12.8 Å². The van der Waals surface area contributed by atoms with Crippen molar-refractivity contribution >= 4 is 33.1 Å². The lowest BCUT2D eigenvalue weighted by Crippen LogP contribution is -2.11. The molecule has 0 amide bonds. The van der Waals surface area contributed by atoms with Crippen molar-refractivity contribution in [2.45, 2.75) is 6.92 Å². The molecule has 88 valence electrons. The van der Waals surface area contributed by atoms with E-state index in [9.17, 15) is 17.6 Å². The lowest BCUT2D eigenvalue weighted by molar-refractivity contribution is 0.101. The molecule has 4 nitrogen and oxygen atoms in total. The monoisotopic (exact) mass is 265 g/mol. The van der Waals surface area contributed by atoms with Crippen molar-refractivity contribution < 1.29 is 17.6 Å². The minimum Gasteiger partial charge on any atom is -0.294 e. The Bertz CT molecular complexity index is 542. The molecule has 0 saturated heterocycles. The maximum absolute atomic E-state index is 13.2. The Morgan fingerprint density at radius 1 is 1.44 bits per heavy atom. The van der Waals surface area contributed by atoms with Gasteiger partial charge >= 0.3 is 0 Å². The Hall–Kier alpha value is -1.14. The van der Waals surface area contributed by atoms with Gasteiger partial charge in [0.2, 0.25) is 10.0 Å². The fourth-order valence-electron chi connectivity index (χ4n) is 1.10. The lowest BCUT2D eigenvalue weighted by atomic mass is 10.1. The molecule has 0 fully saturated rings. The number of ketones is 1. The zero-order valence-corrected chi connectivity index (χ0v) is 10.1. The fourth-order valence-corrected chi connectivity index (χ4v) is 1.92. The number of hydrogen-bond donors (Lipinski definition) is 1. The molecule has 0 aromatic heterocycles. The molecule has 0 saturated carbocycles. The van der Waals surface area contributed by atoms with Crippen molar-refractivity contribution in [3.05, 3.63) is 28.5 Å². The summed E-state index contributed by atoms with van der Waals surface area (Å²) in [7, 11) is -3.52. The summed E-state index contributed by atoms with van der Waals surface area (Å²) in [5.41, 5.74) is -0.230. The minimum atomic E-state index is -3.52. The maximum Gasteiger partial charge on any atom is 0.229 e. The summed E-state index contributed by atoms with van der Waals surface area (Å²) in [5.74, 6) is -1.29. The average Bonchev–Trinajstić information content (AvgIpc) is 2.07. The van der Waals surface area contributed by atoms with Crippen molar-refractivity contribution in [2.24, 2.45) is 0 Å². The van der Waals surface area contributed by atoms with Crippen LogP contribution in [0, 0.1) is 5.82 Å². The number of hydrogen-bond acceptors (Lipinski definition) is 3. The van der Waals surface area contributed by atoms with E-state index in [1.54, 1.807) is 0 Å². The van der Waals surface area contributed by atoms with Crippen molar-refractivity contribution in [1.29, 1.82) is 0 Å². The van der Waals surface area contributed by atoms with E-state index in [-0.39, 0.29) is 16.3 Å². The van der Waals surface area contributed by atoms with Gasteiger partial charge in [-0.15, -0.1) is 0 Å². The van der Waals surface area contributed by atoms with Gasteiger partial charge in [-0.3, -0.25) is 9.52 Å². The van der Waals surface area contributed by atoms with Crippen molar-refractivity contribution in [3.8, 4) is 0 Å². The molecule has 0 unspecified atom stereocenters. The van der Waals surface area contributed by atoms with Gasteiger partial charge in [0.1, 0.15) is 5.82 Å². The molecule has 1 rings (SSSR count). The zero-order chi connectivity index (χ0) is 12.5. The summed E-state index contributed by atoms with van der Waals surface area (Å²) < 4.78 is 37.3. The van der Waals surface area contributed by atoms with Crippen molar-refractivity contribution in [3.63, 3.8) is 0 Å². The molecule has 0 aliphatic carbocycles. The smallest absolute Gasteiger partial charge is 0.229 e. The molecule has 1 aromatic rings. The van der Waals surface area contributed by atoms with Crippen LogP contribution in [-0.4, -0.2) is 20.5 Å². The summed E-state index contributed by atoms with van der Waals surface area (Å²) in [6.45, 7) is 1.18. The van der Waals surface area contributed by atoms with E-state index >= 15 is 0 Å². The summed E-state index contributed by atoms with van der Waals surface area (Å²) in [6, 6.07) is 1.97. The number of anilines is 1. The van der Waals surface area contributed by atoms with Gasteiger partial charge in [-0.05, 0) is 19.1 Å². The fraction of sp³-hybridized carbons (Fsp3) is 0.222. The van der Waals surface area contributed by atoms with Crippen LogP contribution in [0.1, 0.15) is 17.3 Å². The largest absolute Gasteiger partial charge is 0.294 e. The second-order valence-electron chi connectivity index (χ2n) is 3.24. The van der Waals surface area contributed by atoms with Crippen LogP contribution in [0.2, 0.25) is 5.02 Å². The summed E-state index contributed by atoms with van der Waals surface area (Å²) in [4.78, 5) is 11.0. The summed E-state index contributed by atoms with van der Waals surface area (Å²) in [5, 5.41) is -0.104. The average molecular weight is 266 g/mol. The molecular weight excluding hydrogens is 257 g/mol. The number of nitrogens with one attached hydrogen (secondary N) is 1. The number of Topliss-reactive ketones (excluding diaryl/α,β-unsaturated/α-hetero) is 1. The van der Waals surface area contributed by atoms with Crippen LogP contribution < -0.4 is 4.72 Å². The first-order chi connectivity index (χ1) is 7.20. The number of rotatable bonds is 3. The van der Waals surface area contributed by atoms with Crippen LogP contribution >= 0.6 is 11.6 Å². The van der Waals surface area contributed by atoms with Crippen LogP contribution in [0.3, 0.4) is 0 Å². The van der Waals surface area contributed by atoms with Gasteiger partial charge in [0.25, 0.3) is 0 Å². The van der Waals surface area contributed by atoms with E-state index in [2.05, 4.69) is 4.72 Å². The highest BCUT2D eigenvalue weighted by atomic mass is 35.5. The van der Waals surface area contributed by atoms with Crippen molar-refractivity contribution in [1.82, 2.24) is 0 Å². The molecule has 0 spiro atoms. The van der Waals surface area contributed by atoms with Crippen LogP contribution in [0.4, 0.5) is 10.1 Å². The van der Waals surface area contributed by atoms with Crippen LogP contribution in [0.5, 0.6) is 0 Å². The third kappa shape index (κ3) is 3.18. The highest BCUT2D eigenvalue weighted by molar-refractivity contribution is 7.92. The third-order valence-corrected chi connectivity index (χ3v) is 2.63. The lowest BCUT2D eigenvalue weighted by Gasteiger charge is -2.08. The van der Waals surface area contributed by atoms with E-state index < -0.39 is 21.6 Å². The molecule has 16 heavy (non-hydrogen) atoms. The number of halogens is 2. The third-order valence-electron chi connectivity index (χ3n) is 1.73. The minimum absolute atomic E-state index is 0.0178. The first-order valence-electron chi connectivity index (χ1n) is 4.18. The summed E-state index contributed by atoms with van der Waals surface area (Å²) >= 11 is 5.63. The van der Waals surface area contributed by atoms with E-state index in [4.69, 9.17) is 11.6 Å². The molecule has 0 atom stereocenters. The predicted molar refractivity (Wildman–Crippen MR) is 59.9 cm³/mol. The van der Waals surface area contributed by atoms with Gasteiger partial charge in [0, 0.05) is 0 Å². The number of carbonyl (C=O) groups is 1. The van der Waals surface area contributed by atoms with E-state index in [1.165, 1.54) is 6.92 Å². The second-order valence-corrected chi connectivity index (χ2v) is 5.40. The number of carbonyl (C=O) groups excluding carboxylic acids is 1. The van der Waals surface area contributed by atoms with E-state index in [0.717, 1.165) is 18.4 Å². The van der Waals surface area contributed by atoms with E-state index in [0.29, 0.717) is 0 Å². The topological polar surface area (TPSA) is 63.2 Å². The van der Waals surface area contributed by atoms with Crippen LogP contribution in [-0.2, 0) is 10.0 Å². The Balaban J connectivity index is 3.31. The molecule has 0 aliphatic heterocycles. The summed E-state index contributed by atoms with van der Waals surface area (Å²) in [6.07, 6.45) is 0.931. The van der Waals surface area contributed by atoms with Gasteiger partial charge < -0.3 is 0 Å². The van der Waals surface area contributed by atoms with Crippen molar-refractivity contribution in [2.75, 3.05) is 11.0 Å². The standard InChI is InChI=1S/C9H9ClFNO3S/c1-5(13)6-3-9(12-16(2,14)15)7(10)4-8(6)11/h3-4,12H,1-2H3. The second kappa shape index (κ2) is 4.39. The number of sulfonamides is 1. The maximum atomic E-state index is 13.2. The molecule has 1 aromatic carbocycles. The number of benzene rings is 1. The zero-order valence-electron chi connectivity index (χ0n) is 8.54. The Morgan fingerprint density at radius 2 is 2.00 bits per heavy atom. The van der Waals surface area contributed by atoms with Gasteiger partial charge in [-0.2, -0.15) is 0 Å². The SMILES string of the molecule is CC(=O)c1cc(NS(C)(=O)=O)c(Cl)cc1F. The molecule has 1 N–H and O–H groups in total.